The van der Waals surface area contributed by atoms with Crippen LogP contribution in [0.4, 0.5) is 0 Å². The first kappa shape index (κ1) is 9.35. The molecule has 3 rings (SSSR count). The molecule has 0 saturated heterocycles. The maximum Gasteiger partial charge on any atom is 0.167 e. The molecular formula is C10H7ClN4O. The van der Waals surface area contributed by atoms with Gasteiger partial charge in [0, 0.05) is 10.4 Å². The molecular weight excluding hydrogens is 228 g/mol. The van der Waals surface area contributed by atoms with Crippen LogP contribution < -0.4 is 0 Å². The van der Waals surface area contributed by atoms with Gasteiger partial charge in [0.2, 0.25) is 0 Å². The molecule has 0 unspecified atom stereocenters. The SMILES string of the molecule is Clc1ccc2onc(Cn3cncn3)c2c1. The van der Waals surface area contributed by atoms with Crippen molar-refractivity contribution in [2.75, 3.05) is 0 Å². The van der Waals surface area contributed by atoms with E-state index in [9.17, 15) is 0 Å². The van der Waals surface area contributed by atoms with Gasteiger partial charge in [0.1, 0.15) is 18.3 Å². The van der Waals surface area contributed by atoms with Gasteiger partial charge >= 0.3 is 0 Å². The van der Waals surface area contributed by atoms with E-state index in [-0.39, 0.29) is 0 Å². The first-order chi connectivity index (χ1) is 7.83. The van der Waals surface area contributed by atoms with Crippen molar-refractivity contribution >= 4 is 22.6 Å². The number of rotatable bonds is 2. The van der Waals surface area contributed by atoms with Gasteiger partial charge in [-0.2, -0.15) is 5.10 Å². The van der Waals surface area contributed by atoms with E-state index in [4.69, 9.17) is 16.1 Å². The Bertz CT molecular complexity index is 617. The Kier molecular flexibility index (Phi) is 2.11. The van der Waals surface area contributed by atoms with Crippen molar-refractivity contribution in [2.24, 2.45) is 0 Å². The van der Waals surface area contributed by atoms with Gasteiger partial charge in [-0.3, -0.25) is 0 Å². The molecule has 16 heavy (non-hydrogen) atoms. The second-order valence-electron chi connectivity index (χ2n) is 3.36. The van der Waals surface area contributed by atoms with Crippen LogP contribution in [0.3, 0.4) is 0 Å². The molecule has 0 spiro atoms. The normalized spacial score (nSPS) is 11.1. The lowest BCUT2D eigenvalue weighted by Gasteiger charge is -1.96. The molecule has 2 heterocycles. The minimum atomic E-state index is 0.521. The van der Waals surface area contributed by atoms with E-state index in [1.165, 1.54) is 6.33 Å². The van der Waals surface area contributed by atoms with Gasteiger partial charge < -0.3 is 4.52 Å². The monoisotopic (exact) mass is 234 g/mol. The molecule has 0 aliphatic rings. The fourth-order valence-corrected chi connectivity index (χ4v) is 1.71. The zero-order valence-corrected chi connectivity index (χ0v) is 8.92. The van der Waals surface area contributed by atoms with Gasteiger partial charge in [-0.05, 0) is 18.2 Å². The third-order valence-electron chi connectivity index (χ3n) is 2.29. The van der Waals surface area contributed by atoms with Gasteiger partial charge in [0.25, 0.3) is 0 Å². The van der Waals surface area contributed by atoms with Crippen LogP contribution in [0.5, 0.6) is 0 Å². The minimum absolute atomic E-state index is 0.521. The lowest BCUT2D eigenvalue weighted by molar-refractivity contribution is 0.440. The average molecular weight is 235 g/mol. The Morgan fingerprint density at radius 2 is 2.31 bits per heavy atom. The number of nitrogens with zero attached hydrogens (tertiary/aromatic N) is 4. The average Bonchev–Trinajstić information content (AvgIpc) is 2.90. The largest absolute Gasteiger partial charge is 0.356 e. The van der Waals surface area contributed by atoms with Crippen molar-refractivity contribution in [3.8, 4) is 0 Å². The van der Waals surface area contributed by atoms with E-state index in [0.29, 0.717) is 11.6 Å². The quantitative estimate of drug-likeness (QED) is 0.682. The molecule has 0 saturated carbocycles. The van der Waals surface area contributed by atoms with E-state index in [0.717, 1.165) is 16.7 Å². The molecule has 0 radical (unpaired) electrons. The number of benzene rings is 1. The summed E-state index contributed by atoms with van der Waals surface area (Å²) in [6, 6.07) is 5.41. The van der Waals surface area contributed by atoms with Crippen LogP contribution in [-0.4, -0.2) is 19.9 Å². The summed E-state index contributed by atoms with van der Waals surface area (Å²) in [6.07, 6.45) is 3.11. The van der Waals surface area contributed by atoms with E-state index < -0.39 is 0 Å². The van der Waals surface area contributed by atoms with Crippen LogP contribution in [0, 0.1) is 0 Å². The molecule has 0 aliphatic heterocycles. The molecule has 6 heteroatoms. The van der Waals surface area contributed by atoms with Gasteiger partial charge in [-0.25, -0.2) is 9.67 Å². The predicted octanol–water partition coefficient (Wildman–Crippen LogP) is 2.12. The Hall–Kier alpha value is -1.88. The highest BCUT2D eigenvalue weighted by atomic mass is 35.5. The Morgan fingerprint density at radius 3 is 3.12 bits per heavy atom. The molecule has 0 aliphatic carbocycles. The molecule has 1 aromatic carbocycles. The lowest BCUT2D eigenvalue weighted by atomic mass is 10.2. The van der Waals surface area contributed by atoms with Gasteiger partial charge in [-0.1, -0.05) is 16.8 Å². The topological polar surface area (TPSA) is 56.7 Å². The zero-order chi connectivity index (χ0) is 11.0. The molecule has 2 aromatic heterocycles. The van der Waals surface area contributed by atoms with Crippen molar-refractivity contribution < 1.29 is 4.52 Å². The molecule has 0 fully saturated rings. The van der Waals surface area contributed by atoms with Crippen LogP contribution in [-0.2, 0) is 6.54 Å². The molecule has 0 N–H and O–H groups in total. The standard InChI is InChI=1S/C10H7ClN4O/c11-7-1-2-10-8(3-7)9(14-16-10)4-15-6-12-5-13-15/h1-3,5-6H,4H2. The summed E-state index contributed by atoms with van der Waals surface area (Å²) in [4.78, 5) is 3.87. The minimum Gasteiger partial charge on any atom is -0.356 e. The van der Waals surface area contributed by atoms with Crippen LogP contribution in [0.1, 0.15) is 5.69 Å². The molecule has 0 amide bonds. The molecule has 0 atom stereocenters. The first-order valence-electron chi connectivity index (χ1n) is 4.69. The highest BCUT2D eigenvalue weighted by molar-refractivity contribution is 6.31. The fraction of sp³-hybridized carbons (Fsp3) is 0.100. The number of halogens is 1. The van der Waals surface area contributed by atoms with E-state index in [1.54, 1.807) is 23.1 Å². The second kappa shape index (κ2) is 3.61. The molecule has 3 aromatic rings. The summed E-state index contributed by atoms with van der Waals surface area (Å²) >= 11 is 5.93. The lowest BCUT2D eigenvalue weighted by Crippen LogP contribution is -2.00. The smallest absolute Gasteiger partial charge is 0.167 e. The van der Waals surface area contributed by atoms with Crippen molar-refractivity contribution in [1.29, 1.82) is 0 Å². The molecule has 0 bridgehead atoms. The first-order valence-corrected chi connectivity index (χ1v) is 5.07. The van der Waals surface area contributed by atoms with Crippen molar-refractivity contribution in [1.82, 2.24) is 19.9 Å². The highest BCUT2D eigenvalue weighted by Gasteiger charge is 2.09. The third-order valence-corrected chi connectivity index (χ3v) is 2.52. The fourth-order valence-electron chi connectivity index (χ4n) is 1.54. The number of hydrogen-bond acceptors (Lipinski definition) is 4. The van der Waals surface area contributed by atoms with E-state index in [1.807, 2.05) is 6.07 Å². The molecule has 5 nitrogen and oxygen atoms in total. The molecule has 80 valence electrons. The van der Waals surface area contributed by atoms with Gasteiger partial charge in [0.05, 0.1) is 6.54 Å². The van der Waals surface area contributed by atoms with Crippen LogP contribution >= 0.6 is 11.6 Å². The number of aromatic nitrogens is 4. The maximum absolute atomic E-state index is 5.93. The summed E-state index contributed by atoms with van der Waals surface area (Å²) in [5.74, 6) is 0. The van der Waals surface area contributed by atoms with Crippen LogP contribution in [0.2, 0.25) is 5.02 Å². The van der Waals surface area contributed by atoms with Gasteiger partial charge in [0.15, 0.2) is 5.58 Å². The van der Waals surface area contributed by atoms with Crippen LogP contribution in [0.25, 0.3) is 11.0 Å². The van der Waals surface area contributed by atoms with Crippen molar-refractivity contribution in [3.63, 3.8) is 0 Å². The predicted molar refractivity (Wildman–Crippen MR) is 58.1 cm³/mol. The van der Waals surface area contributed by atoms with Gasteiger partial charge in [-0.15, -0.1) is 0 Å². The summed E-state index contributed by atoms with van der Waals surface area (Å²) in [6.45, 7) is 0.521. The zero-order valence-electron chi connectivity index (χ0n) is 8.17. The van der Waals surface area contributed by atoms with E-state index >= 15 is 0 Å². The summed E-state index contributed by atoms with van der Waals surface area (Å²) in [7, 11) is 0. The van der Waals surface area contributed by atoms with E-state index in [2.05, 4.69) is 15.2 Å². The Morgan fingerprint density at radius 1 is 1.38 bits per heavy atom. The highest BCUT2D eigenvalue weighted by Crippen LogP contribution is 2.22. The van der Waals surface area contributed by atoms with Crippen LogP contribution in [0.15, 0.2) is 35.4 Å². The number of hydrogen-bond donors (Lipinski definition) is 0. The third kappa shape index (κ3) is 1.55. The Labute approximate surface area is 95.6 Å². The maximum atomic E-state index is 5.93. The second-order valence-corrected chi connectivity index (χ2v) is 3.80. The summed E-state index contributed by atoms with van der Waals surface area (Å²) in [5, 5.41) is 9.57. The summed E-state index contributed by atoms with van der Waals surface area (Å²) < 4.78 is 6.86. The Balaban J connectivity index is 2.07. The number of fused-ring (bicyclic) bond motifs is 1. The van der Waals surface area contributed by atoms with Crippen molar-refractivity contribution in [2.45, 2.75) is 6.54 Å². The van der Waals surface area contributed by atoms with Crippen molar-refractivity contribution in [3.05, 3.63) is 41.6 Å². The summed E-state index contributed by atoms with van der Waals surface area (Å²) in [5.41, 5.74) is 1.52.